The van der Waals surface area contributed by atoms with Crippen molar-refractivity contribution in [1.29, 1.82) is 0 Å². The molecule has 0 radical (unpaired) electrons. The number of amides is 1. The lowest BCUT2D eigenvalue weighted by Crippen LogP contribution is -2.47. The number of carbonyl (C=O) groups excluding carboxylic acids is 1. The predicted octanol–water partition coefficient (Wildman–Crippen LogP) is 0.235. The lowest BCUT2D eigenvalue weighted by molar-refractivity contribution is -0.175. The third kappa shape index (κ3) is 6.06. The molecule has 0 bridgehead atoms. The van der Waals surface area contributed by atoms with Gasteiger partial charge in [0.15, 0.2) is 0 Å². The number of ether oxygens (including phenoxy) is 1. The highest BCUT2D eigenvalue weighted by Gasteiger charge is 2.31. The summed E-state index contributed by atoms with van der Waals surface area (Å²) in [7, 11) is -3.71. The molecule has 10 heteroatoms. The molecule has 1 aliphatic heterocycles. The first-order valence-electron chi connectivity index (χ1n) is 6.03. The van der Waals surface area contributed by atoms with E-state index in [1.54, 1.807) is 0 Å². The summed E-state index contributed by atoms with van der Waals surface area (Å²) in [5.74, 6) is -0.430. The maximum atomic E-state index is 11.8. The molecule has 1 atom stereocenters. The van der Waals surface area contributed by atoms with E-state index in [2.05, 4.69) is 4.74 Å². The number of nitrogens with two attached hydrogens (primary N) is 1. The number of hydrogen-bond donors (Lipinski definition) is 1. The fourth-order valence-corrected chi connectivity index (χ4v) is 2.82. The Bertz CT molecular complexity index is 438. The van der Waals surface area contributed by atoms with Gasteiger partial charge in [0.2, 0.25) is 15.9 Å². The fraction of sp³-hybridized carbons (Fsp3) is 0.900. The van der Waals surface area contributed by atoms with Crippen molar-refractivity contribution in [2.24, 2.45) is 5.14 Å². The number of halogens is 3. The van der Waals surface area contributed by atoms with Crippen LogP contribution in [0, 0.1) is 0 Å². The number of alkyl halides is 3. The highest BCUT2D eigenvalue weighted by molar-refractivity contribution is 7.89. The van der Waals surface area contributed by atoms with Crippen LogP contribution in [0.4, 0.5) is 13.2 Å². The van der Waals surface area contributed by atoms with Crippen LogP contribution >= 0.6 is 0 Å². The normalized spacial score (nSPS) is 21.0. The monoisotopic (exact) mass is 318 g/mol. The number of carbonyl (C=O) groups is 1. The molecule has 6 nitrogen and oxygen atoms in total. The van der Waals surface area contributed by atoms with Crippen LogP contribution < -0.4 is 5.14 Å². The molecule has 1 heterocycles. The summed E-state index contributed by atoms with van der Waals surface area (Å²) in [4.78, 5) is 13.0. The number of sulfonamides is 1. The van der Waals surface area contributed by atoms with Crippen LogP contribution in [-0.2, 0) is 19.6 Å². The van der Waals surface area contributed by atoms with E-state index in [0.717, 1.165) is 0 Å². The summed E-state index contributed by atoms with van der Waals surface area (Å²) in [5, 5.41) is 4.22. The van der Waals surface area contributed by atoms with Gasteiger partial charge in [0.05, 0.1) is 18.3 Å². The van der Waals surface area contributed by atoms with Gasteiger partial charge in [-0.15, -0.1) is 0 Å². The van der Waals surface area contributed by atoms with Crippen LogP contribution in [0.3, 0.4) is 0 Å². The van der Waals surface area contributed by atoms with Gasteiger partial charge < -0.3 is 9.64 Å². The third-order valence-corrected chi connectivity index (χ3v) is 4.24. The van der Waals surface area contributed by atoms with Crippen molar-refractivity contribution in [2.45, 2.75) is 30.7 Å². The number of primary sulfonamides is 1. The van der Waals surface area contributed by atoms with Gasteiger partial charge in [0.25, 0.3) is 0 Å². The van der Waals surface area contributed by atoms with Crippen molar-refractivity contribution in [3.8, 4) is 0 Å². The smallest absolute Gasteiger partial charge is 0.372 e. The van der Waals surface area contributed by atoms with E-state index in [-0.39, 0.29) is 19.6 Å². The molecule has 0 spiro atoms. The van der Waals surface area contributed by atoms with Gasteiger partial charge in [-0.05, 0) is 12.8 Å². The molecule has 1 aliphatic rings. The minimum Gasteiger partial charge on any atom is -0.372 e. The third-order valence-electron chi connectivity index (χ3n) is 2.92. The molecule has 1 rings (SSSR count). The Labute approximate surface area is 115 Å². The summed E-state index contributed by atoms with van der Waals surface area (Å²) >= 11 is 0. The second-order valence-electron chi connectivity index (χ2n) is 4.61. The number of hydrogen-bond acceptors (Lipinski definition) is 4. The standard InChI is InChI=1S/C10H17F3N2O4S/c11-10(12,13)7-19-5-3-9(16)15-4-1-2-8(6-15)20(14,17)18/h8H,1-7H2,(H2,14,17,18). The minimum atomic E-state index is -4.42. The zero-order valence-electron chi connectivity index (χ0n) is 10.7. The molecule has 20 heavy (non-hydrogen) atoms. The van der Waals surface area contributed by atoms with E-state index in [1.165, 1.54) is 4.90 Å². The maximum Gasteiger partial charge on any atom is 0.411 e. The van der Waals surface area contributed by atoms with Crippen molar-refractivity contribution in [2.75, 3.05) is 26.3 Å². The van der Waals surface area contributed by atoms with Gasteiger partial charge in [-0.25, -0.2) is 13.6 Å². The van der Waals surface area contributed by atoms with Gasteiger partial charge in [0.1, 0.15) is 6.61 Å². The van der Waals surface area contributed by atoms with Gasteiger partial charge in [0, 0.05) is 13.1 Å². The first-order chi connectivity index (χ1) is 9.09. The summed E-state index contributed by atoms with van der Waals surface area (Å²) in [6.07, 6.45) is -3.76. The Hall–Kier alpha value is -0.870. The summed E-state index contributed by atoms with van der Waals surface area (Å²) < 4.78 is 62.2. The van der Waals surface area contributed by atoms with Crippen molar-refractivity contribution < 1.29 is 31.1 Å². The average Bonchev–Trinajstić information content (AvgIpc) is 2.32. The number of piperidine rings is 1. The van der Waals surface area contributed by atoms with Crippen LogP contribution in [0.5, 0.6) is 0 Å². The Balaban J connectivity index is 2.36. The van der Waals surface area contributed by atoms with Crippen molar-refractivity contribution >= 4 is 15.9 Å². The predicted molar refractivity (Wildman–Crippen MR) is 64.2 cm³/mol. The van der Waals surface area contributed by atoms with Gasteiger partial charge in [-0.1, -0.05) is 0 Å². The molecule has 0 saturated carbocycles. The molecule has 118 valence electrons. The zero-order chi connectivity index (χ0) is 15.4. The van der Waals surface area contributed by atoms with Gasteiger partial charge in [-0.2, -0.15) is 13.2 Å². The van der Waals surface area contributed by atoms with E-state index in [4.69, 9.17) is 5.14 Å². The zero-order valence-corrected chi connectivity index (χ0v) is 11.5. The second-order valence-corrected chi connectivity index (χ2v) is 6.46. The molecule has 0 aromatic carbocycles. The number of rotatable bonds is 5. The SMILES string of the molecule is NS(=O)(=O)C1CCCN(C(=O)CCOCC(F)(F)F)C1. The molecule has 1 fully saturated rings. The molecule has 0 aromatic rings. The number of likely N-dealkylation sites (tertiary alicyclic amines) is 1. The Morgan fingerprint density at radius 2 is 2.05 bits per heavy atom. The lowest BCUT2D eigenvalue weighted by Gasteiger charge is -2.31. The molecule has 1 saturated heterocycles. The Morgan fingerprint density at radius 1 is 1.40 bits per heavy atom. The largest absolute Gasteiger partial charge is 0.411 e. The van der Waals surface area contributed by atoms with Crippen LogP contribution in [0.2, 0.25) is 0 Å². The summed E-state index contributed by atoms with van der Waals surface area (Å²) in [5.41, 5.74) is 0. The van der Waals surface area contributed by atoms with Gasteiger partial charge in [-0.3, -0.25) is 4.79 Å². The topological polar surface area (TPSA) is 89.7 Å². The minimum absolute atomic E-state index is 0.0169. The van der Waals surface area contributed by atoms with Gasteiger partial charge >= 0.3 is 6.18 Å². The molecule has 1 amide bonds. The lowest BCUT2D eigenvalue weighted by atomic mass is 10.1. The molecule has 0 aliphatic carbocycles. The number of nitrogens with zero attached hydrogens (tertiary/aromatic N) is 1. The van der Waals surface area contributed by atoms with E-state index in [9.17, 15) is 26.4 Å². The second kappa shape index (κ2) is 6.72. The summed E-state index contributed by atoms with van der Waals surface area (Å²) in [6, 6.07) is 0. The maximum absolute atomic E-state index is 11.8. The van der Waals surface area contributed by atoms with E-state index >= 15 is 0 Å². The quantitative estimate of drug-likeness (QED) is 0.735. The van der Waals surface area contributed by atoms with Crippen LogP contribution in [0.25, 0.3) is 0 Å². The van der Waals surface area contributed by atoms with E-state index < -0.39 is 34.0 Å². The van der Waals surface area contributed by atoms with Crippen LogP contribution in [-0.4, -0.2) is 57.0 Å². The van der Waals surface area contributed by atoms with Crippen molar-refractivity contribution in [3.05, 3.63) is 0 Å². The van der Waals surface area contributed by atoms with Crippen LogP contribution in [0.15, 0.2) is 0 Å². The van der Waals surface area contributed by atoms with E-state index in [0.29, 0.717) is 19.4 Å². The Kier molecular flexibility index (Phi) is 5.78. The van der Waals surface area contributed by atoms with Crippen LogP contribution in [0.1, 0.15) is 19.3 Å². The molecule has 0 aromatic heterocycles. The molecular formula is C10H17F3N2O4S. The fourth-order valence-electron chi connectivity index (χ4n) is 1.94. The highest BCUT2D eigenvalue weighted by atomic mass is 32.2. The first kappa shape index (κ1) is 17.2. The molecular weight excluding hydrogens is 301 g/mol. The van der Waals surface area contributed by atoms with Crippen molar-refractivity contribution in [1.82, 2.24) is 4.90 Å². The first-order valence-corrected chi connectivity index (χ1v) is 7.64. The molecule has 2 N–H and O–H groups in total. The van der Waals surface area contributed by atoms with Crippen molar-refractivity contribution in [3.63, 3.8) is 0 Å². The Morgan fingerprint density at radius 3 is 2.60 bits per heavy atom. The summed E-state index contributed by atoms with van der Waals surface area (Å²) in [6.45, 7) is -1.39. The average molecular weight is 318 g/mol. The highest BCUT2D eigenvalue weighted by Crippen LogP contribution is 2.17. The van der Waals surface area contributed by atoms with E-state index in [1.807, 2.05) is 0 Å². The molecule has 1 unspecified atom stereocenters.